The van der Waals surface area contributed by atoms with Gasteiger partial charge in [-0.05, 0) is 0 Å². The SMILES string of the molecule is CN=C(NCc1nncn1C)N1CCN(c2cnn(C)c2)C(=O)C1.I. The third-order valence-corrected chi connectivity index (χ3v) is 3.94. The van der Waals surface area contributed by atoms with Crippen LogP contribution in [0.2, 0.25) is 0 Å². The fourth-order valence-electron chi connectivity index (χ4n) is 2.63. The van der Waals surface area contributed by atoms with E-state index in [9.17, 15) is 4.79 Å². The van der Waals surface area contributed by atoms with Crippen LogP contribution in [0.5, 0.6) is 0 Å². The lowest BCUT2D eigenvalue weighted by molar-refractivity contribution is -0.120. The van der Waals surface area contributed by atoms with Crippen molar-refractivity contribution in [2.24, 2.45) is 19.1 Å². The molecule has 1 aliphatic heterocycles. The van der Waals surface area contributed by atoms with Crippen LogP contribution in [0, 0.1) is 0 Å². The summed E-state index contributed by atoms with van der Waals surface area (Å²) in [4.78, 5) is 20.4. The summed E-state index contributed by atoms with van der Waals surface area (Å²) in [7, 11) is 5.43. The fraction of sp³-hybridized carbons (Fsp3) is 0.500. The second-order valence-corrected chi connectivity index (χ2v) is 5.60. The maximum Gasteiger partial charge on any atom is 0.246 e. The first-order valence-corrected chi connectivity index (χ1v) is 7.66. The molecule has 2 aromatic rings. The maximum atomic E-state index is 12.5. The minimum absolute atomic E-state index is 0. The Bertz CT molecular complexity index is 753. The molecule has 0 radical (unpaired) electrons. The summed E-state index contributed by atoms with van der Waals surface area (Å²) in [6, 6.07) is 0. The van der Waals surface area contributed by atoms with Crippen LogP contribution in [-0.2, 0) is 25.4 Å². The van der Waals surface area contributed by atoms with Crippen molar-refractivity contribution in [2.45, 2.75) is 6.54 Å². The van der Waals surface area contributed by atoms with E-state index in [1.165, 1.54) is 0 Å². The Kier molecular flexibility index (Phi) is 6.33. The molecule has 11 heteroatoms. The van der Waals surface area contributed by atoms with Gasteiger partial charge in [-0.1, -0.05) is 0 Å². The second kappa shape index (κ2) is 8.27. The van der Waals surface area contributed by atoms with Crippen molar-refractivity contribution in [3.8, 4) is 0 Å². The average molecular weight is 459 g/mol. The number of aromatic nitrogens is 5. The van der Waals surface area contributed by atoms with E-state index in [1.807, 2.05) is 29.8 Å². The van der Waals surface area contributed by atoms with E-state index in [4.69, 9.17) is 0 Å². The van der Waals surface area contributed by atoms with Crippen molar-refractivity contribution in [2.75, 3.05) is 31.6 Å². The van der Waals surface area contributed by atoms with E-state index >= 15 is 0 Å². The number of halogens is 1. The molecular weight excluding hydrogens is 437 g/mol. The van der Waals surface area contributed by atoms with Crippen molar-refractivity contribution in [1.29, 1.82) is 0 Å². The molecule has 0 unspecified atom stereocenters. The maximum absolute atomic E-state index is 12.5. The summed E-state index contributed by atoms with van der Waals surface area (Å²) in [6.45, 7) is 2.06. The number of nitrogens with zero attached hydrogens (tertiary/aromatic N) is 8. The van der Waals surface area contributed by atoms with E-state index in [-0.39, 0.29) is 36.4 Å². The smallest absolute Gasteiger partial charge is 0.246 e. The summed E-state index contributed by atoms with van der Waals surface area (Å²) in [5.74, 6) is 1.50. The van der Waals surface area contributed by atoms with Gasteiger partial charge in [-0.2, -0.15) is 5.10 Å². The van der Waals surface area contributed by atoms with Crippen LogP contribution in [0.15, 0.2) is 23.7 Å². The molecule has 0 saturated carbocycles. The van der Waals surface area contributed by atoms with Gasteiger partial charge in [0.05, 0.1) is 18.4 Å². The van der Waals surface area contributed by atoms with Gasteiger partial charge in [-0.25, -0.2) is 0 Å². The largest absolute Gasteiger partial charge is 0.349 e. The monoisotopic (exact) mass is 459 g/mol. The highest BCUT2D eigenvalue weighted by atomic mass is 127. The molecule has 0 aliphatic carbocycles. The van der Waals surface area contributed by atoms with Crippen molar-refractivity contribution in [3.63, 3.8) is 0 Å². The van der Waals surface area contributed by atoms with E-state index in [0.29, 0.717) is 25.6 Å². The molecule has 0 aromatic carbocycles. The Balaban J connectivity index is 0.00000225. The number of aryl methyl sites for hydroxylation is 2. The van der Waals surface area contributed by atoms with Crippen LogP contribution in [0.1, 0.15) is 5.82 Å². The number of nitrogens with one attached hydrogen (secondary N) is 1. The van der Waals surface area contributed by atoms with Crippen molar-refractivity contribution >= 4 is 41.5 Å². The van der Waals surface area contributed by atoms with Crippen LogP contribution in [0.3, 0.4) is 0 Å². The lowest BCUT2D eigenvalue weighted by Gasteiger charge is -2.35. The van der Waals surface area contributed by atoms with E-state index in [2.05, 4.69) is 25.6 Å². The van der Waals surface area contributed by atoms with Gasteiger partial charge < -0.3 is 19.7 Å². The van der Waals surface area contributed by atoms with Crippen LogP contribution >= 0.6 is 24.0 Å². The molecular formula is C14H22IN9O. The van der Waals surface area contributed by atoms with E-state index < -0.39 is 0 Å². The number of carbonyl (C=O) groups excluding carboxylic acids is 1. The minimum atomic E-state index is 0. The Hall–Kier alpha value is -2.18. The molecule has 1 amide bonds. The van der Waals surface area contributed by atoms with Gasteiger partial charge in [-0.3, -0.25) is 14.5 Å². The predicted molar refractivity (Wildman–Crippen MR) is 104 cm³/mol. The minimum Gasteiger partial charge on any atom is -0.349 e. The van der Waals surface area contributed by atoms with Crippen LogP contribution < -0.4 is 10.2 Å². The zero-order chi connectivity index (χ0) is 17.1. The molecule has 3 heterocycles. The van der Waals surface area contributed by atoms with Crippen LogP contribution in [-0.4, -0.2) is 68.0 Å². The normalized spacial score (nSPS) is 15.3. The van der Waals surface area contributed by atoms with Crippen molar-refractivity contribution < 1.29 is 4.79 Å². The Morgan fingerprint density at radius 2 is 2.16 bits per heavy atom. The summed E-state index contributed by atoms with van der Waals surface area (Å²) in [6.07, 6.45) is 5.19. The summed E-state index contributed by atoms with van der Waals surface area (Å²) < 4.78 is 3.53. The number of guanidine groups is 1. The zero-order valence-electron chi connectivity index (χ0n) is 14.5. The van der Waals surface area contributed by atoms with E-state index in [1.54, 1.807) is 29.2 Å². The molecule has 0 spiro atoms. The number of amides is 1. The molecule has 10 nitrogen and oxygen atoms in total. The molecule has 1 fully saturated rings. The molecule has 136 valence electrons. The number of aliphatic imine (C=N–C) groups is 1. The molecule has 3 rings (SSSR count). The van der Waals surface area contributed by atoms with Crippen LogP contribution in [0.4, 0.5) is 5.69 Å². The molecule has 1 saturated heterocycles. The van der Waals surface area contributed by atoms with Gasteiger partial charge in [0.2, 0.25) is 5.91 Å². The fourth-order valence-corrected chi connectivity index (χ4v) is 2.63. The van der Waals surface area contributed by atoms with Gasteiger partial charge in [0.25, 0.3) is 0 Å². The van der Waals surface area contributed by atoms with Gasteiger partial charge in [0, 0.05) is 40.4 Å². The molecule has 1 aliphatic rings. The number of rotatable bonds is 3. The van der Waals surface area contributed by atoms with Crippen molar-refractivity contribution in [1.82, 2.24) is 34.8 Å². The lowest BCUT2D eigenvalue weighted by atomic mass is 10.3. The molecule has 0 bridgehead atoms. The van der Waals surface area contributed by atoms with E-state index in [0.717, 1.165) is 11.5 Å². The Morgan fingerprint density at radius 1 is 1.36 bits per heavy atom. The van der Waals surface area contributed by atoms with Crippen LogP contribution in [0.25, 0.3) is 0 Å². The molecule has 25 heavy (non-hydrogen) atoms. The summed E-state index contributed by atoms with van der Waals surface area (Å²) >= 11 is 0. The lowest BCUT2D eigenvalue weighted by Crippen LogP contribution is -2.55. The van der Waals surface area contributed by atoms with Gasteiger partial charge in [0.1, 0.15) is 12.9 Å². The molecule has 2 aromatic heterocycles. The standard InChI is InChI=1S/C14H21N9O.HI/c1-15-14(16-7-12-19-17-10-20(12)2)22-4-5-23(13(24)9-22)11-6-18-21(3)8-11;/h6,8,10H,4-5,7,9H2,1-3H3,(H,15,16);1H. The highest BCUT2D eigenvalue weighted by Crippen LogP contribution is 2.16. The topological polar surface area (TPSA) is 96.5 Å². The molecule has 1 N–H and O–H groups in total. The summed E-state index contributed by atoms with van der Waals surface area (Å²) in [5, 5.41) is 15.2. The number of anilines is 1. The molecule has 0 atom stereocenters. The Morgan fingerprint density at radius 3 is 2.72 bits per heavy atom. The number of piperazine rings is 1. The predicted octanol–water partition coefficient (Wildman–Crippen LogP) is -0.409. The second-order valence-electron chi connectivity index (χ2n) is 5.60. The van der Waals surface area contributed by atoms with Gasteiger partial charge in [-0.15, -0.1) is 34.2 Å². The average Bonchev–Trinajstić information content (AvgIpc) is 3.17. The highest BCUT2D eigenvalue weighted by Gasteiger charge is 2.27. The van der Waals surface area contributed by atoms with Gasteiger partial charge in [0.15, 0.2) is 11.8 Å². The van der Waals surface area contributed by atoms with Crippen molar-refractivity contribution in [3.05, 3.63) is 24.5 Å². The number of carbonyl (C=O) groups is 1. The third kappa shape index (κ3) is 4.27. The van der Waals surface area contributed by atoms with Gasteiger partial charge >= 0.3 is 0 Å². The first kappa shape index (κ1) is 19.1. The first-order chi connectivity index (χ1) is 11.6. The third-order valence-electron chi connectivity index (χ3n) is 3.94. The first-order valence-electron chi connectivity index (χ1n) is 7.66. The quantitative estimate of drug-likeness (QED) is 0.381. The number of hydrogen-bond acceptors (Lipinski definition) is 5. The number of hydrogen-bond donors (Lipinski definition) is 1. The highest BCUT2D eigenvalue weighted by molar-refractivity contribution is 14.0. The zero-order valence-corrected chi connectivity index (χ0v) is 16.8. The summed E-state index contributed by atoms with van der Waals surface area (Å²) in [5.41, 5.74) is 0.823. The Labute approximate surface area is 162 Å².